The van der Waals surface area contributed by atoms with E-state index in [9.17, 15) is 9.90 Å². The molecule has 0 unspecified atom stereocenters. The summed E-state index contributed by atoms with van der Waals surface area (Å²) in [5, 5.41) is 10.6. The minimum absolute atomic E-state index is 0.0375. The molecule has 2 aromatic carbocycles. The highest BCUT2D eigenvalue weighted by molar-refractivity contribution is 7.10. The molecule has 0 spiro atoms. The molecule has 3 aromatic rings. The van der Waals surface area contributed by atoms with Crippen molar-refractivity contribution in [1.29, 1.82) is 0 Å². The standard InChI is InChI=1S/C20H16N2O2S/c1-2-13-7-9-15(10-8-13)22-19(23)18(25-20(22)24)11-14-12-21-17-6-4-3-5-16(14)17/h3-12,23H,2H2,1H3/b14-11-. The molecule has 4 rings (SSSR count). The first-order chi connectivity index (χ1) is 12.2. The Hall–Kier alpha value is -2.92. The number of hydrogen-bond acceptors (Lipinski definition) is 4. The van der Waals surface area contributed by atoms with Crippen LogP contribution in [0, 0.1) is 0 Å². The van der Waals surface area contributed by atoms with Crippen LogP contribution in [-0.2, 0) is 6.42 Å². The minimum Gasteiger partial charge on any atom is -0.493 e. The summed E-state index contributed by atoms with van der Waals surface area (Å²) in [6.07, 6.45) is 4.50. The maximum atomic E-state index is 12.4. The Labute approximate surface area is 149 Å². The highest BCUT2D eigenvalue weighted by Gasteiger charge is 2.17. The van der Waals surface area contributed by atoms with E-state index in [2.05, 4.69) is 11.9 Å². The Morgan fingerprint density at radius 1 is 1.16 bits per heavy atom. The molecule has 0 aliphatic carbocycles. The maximum Gasteiger partial charge on any atom is 0.315 e. The van der Waals surface area contributed by atoms with Crippen LogP contribution >= 0.6 is 11.3 Å². The van der Waals surface area contributed by atoms with Crippen molar-refractivity contribution in [2.75, 3.05) is 0 Å². The number of thiazole rings is 1. The molecule has 0 radical (unpaired) electrons. The van der Waals surface area contributed by atoms with E-state index in [-0.39, 0.29) is 10.8 Å². The molecule has 2 heterocycles. The number of aliphatic imine (C=N–C) groups is 1. The van der Waals surface area contributed by atoms with Crippen LogP contribution in [0.15, 0.2) is 58.3 Å². The molecule has 25 heavy (non-hydrogen) atoms. The Kier molecular flexibility index (Phi) is 3.86. The summed E-state index contributed by atoms with van der Waals surface area (Å²) < 4.78 is 1.34. The largest absolute Gasteiger partial charge is 0.493 e. The maximum absolute atomic E-state index is 12.4. The van der Waals surface area contributed by atoms with Gasteiger partial charge in [0.1, 0.15) is 0 Å². The first-order valence-corrected chi connectivity index (χ1v) is 8.88. The molecule has 0 bridgehead atoms. The van der Waals surface area contributed by atoms with Crippen LogP contribution in [0.1, 0.15) is 22.9 Å². The van der Waals surface area contributed by atoms with Gasteiger partial charge in [-0.2, -0.15) is 0 Å². The lowest BCUT2D eigenvalue weighted by molar-refractivity contribution is 0.440. The van der Waals surface area contributed by atoms with Crippen LogP contribution in [0.25, 0.3) is 17.3 Å². The zero-order valence-electron chi connectivity index (χ0n) is 13.6. The third-order valence-corrected chi connectivity index (χ3v) is 5.14. The van der Waals surface area contributed by atoms with Gasteiger partial charge in [0, 0.05) is 17.4 Å². The lowest BCUT2D eigenvalue weighted by Gasteiger charge is -2.05. The topological polar surface area (TPSA) is 54.6 Å². The van der Waals surface area contributed by atoms with Crippen molar-refractivity contribution in [3.05, 3.63) is 74.2 Å². The zero-order chi connectivity index (χ0) is 17.4. The third-order valence-electron chi connectivity index (χ3n) is 4.26. The van der Waals surface area contributed by atoms with Crippen molar-refractivity contribution in [3.63, 3.8) is 0 Å². The second-order valence-corrected chi connectivity index (χ2v) is 6.78. The molecule has 0 fully saturated rings. The van der Waals surface area contributed by atoms with Gasteiger partial charge in [0.15, 0.2) is 0 Å². The summed E-state index contributed by atoms with van der Waals surface area (Å²) in [5.41, 5.74) is 4.64. The van der Waals surface area contributed by atoms with Crippen LogP contribution in [0.4, 0.5) is 5.69 Å². The summed E-state index contributed by atoms with van der Waals surface area (Å²) >= 11 is 1.03. The van der Waals surface area contributed by atoms with Crippen LogP contribution < -0.4 is 4.87 Å². The van der Waals surface area contributed by atoms with Gasteiger partial charge < -0.3 is 5.11 Å². The minimum atomic E-state index is -0.211. The summed E-state index contributed by atoms with van der Waals surface area (Å²) in [6, 6.07) is 15.5. The molecule has 0 saturated heterocycles. The van der Waals surface area contributed by atoms with Gasteiger partial charge in [-0.15, -0.1) is 0 Å². The molecule has 1 N–H and O–H groups in total. The van der Waals surface area contributed by atoms with Crippen molar-refractivity contribution in [1.82, 2.24) is 4.57 Å². The van der Waals surface area contributed by atoms with Crippen molar-refractivity contribution < 1.29 is 5.11 Å². The van der Waals surface area contributed by atoms with Crippen LogP contribution in [0.2, 0.25) is 0 Å². The van der Waals surface area contributed by atoms with Crippen molar-refractivity contribution in [3.8, 4) is 11.6 Å². The number of aryl methyl sites for hydroxylation is 1. The van der Waals surface area contributed by atoms with Gasteiger partial charge in [0.25, 0.3) is 0 Å². The molecule has 124 valence electrons. The van der Waals surface area contributed by atoms with Gasteiger partial charge in [0.2, 0.25) is 5.88 Å². The van der Waals surface area contributed by atoms with E-state index in [0.717, 1.165) is 34.6 Å². The summed E-state index contributed by atoms with van der Waals surface area (Å²) in [4.78, 5) is 17.1. The number of rotatable bonds is 3. The summed E-state index contributed by atoms with van der Waals surface area (Å²) in [5.74, 6) is -0.0375. The normalized spacial score (nSPS) is 14.2. The van der Waals surface area contributed by atoms with E-state index >= 15 is 0 Å². The van der Waals surface area contributed by atoms with Gasteiger partial charge in [-0.1, -0.05) is 48.6 Å². The number of fused-ring (bicyclic) bond motifs is 1. The van der Waals surface area contributed by atoms with Crippen molar-refractivity contribution in [2.45, 2.75) is 13.3 Å². The summed E-state index contributed by atoms with van der Waals surface area (Å²) in [6.45, 7) is 2.08. The SMILES string of the molecule is CCc1ccc(-n2c(O)c(/C=C3/C=Nc4ccccc43)sc2=O)cc1. The van der Waals surface area contributed by atoms with Gasteiger partial charge in [-0.25, -0.2) is 4.57 Å². The molecule has 5 heteroatoms. The molecule has 1 aliphatic rings. The lowest BCUT2D eigenvalue weighted by Crippen LogP contribution is -2.09. The average Bonchev–Trinajstić information content (AvgIpc) is 3.17. The van der Waals surface area contributed by atoms with Crippen LogP contribution in [0.3, 0.4) is 0 Å². The zero-order valence-corrected chi connectivity index (χ0v) is 14.5. The molecular weight excluding hydrogens is 332 g/mol. The van der Waals surface area contributed by atoms with Gasteiger partial charge in [0.05, 0.1) is 16.3 Å². The number of benzene rings is 2. The number of allylic oxidation sites excluding steroid dienone is 1. The first kappa shape index (κ1) is 15.6. The molecule has 0 saturated carbocycles. The first-order valence-electron chi connectivity index (χ1n) is 8.06. The fourth-order valence-corrected chi connectivity index (χ4v) is 3.72. The number of aromatic nitrogens is 1. The van der Waals surface area contributed by atoms with Gasteiger partial charge >= 0.3 is 4.87 Å². The van der Waals surface area contributed by atoms with E-state index in [1.807, 2.05) is 54.6 Å². The molecule has 0 atom stereocenters. The average molecular weight is 348 g/mol. The van der Waals surface area contributed by atoms with Crippen molar-refractivity contribution >= 4 is 34.9 Å². The predicted molar refractivity (Wildman–Crippen MR) is 103 cm³/mol. The van der Waals surface area contributed by atoms with Crippen molar-refractivity contribution in [2.24, 2.45) is 4.99 Å². The smallest absolute Gasteiger partial charge is 0.315 e. The lowest BCUT2D eigenvalue weighted by atomic mass is 10.1. The van der Waals surface area contributed by atoms with E-state index < -0.39 is 0 Å². The third kappa shape index (κ3) is 2.72. The highest BCUT2D eigenvalue weighted by Crippen LogP contribution is 2.34. The quantitative estimate of drug-likeness (QED) is 0.761. The fraction of sp³-hybridized carbons (Fsp3) is 0.100. The van der Waals surface area contributed by atoms with E-state index in [4.69, 9.17) is 0 Å². The molecule has 1 aromatic heterocycles. The van der Waals surface area contributed by atoms with E-state index in [0.29, 0.717) is 10.6 Å². The van der Waals surface area contributed by atoms with Gasteiger partial charge in [-0.3, -0.25) is 9.79 Å². The van der Waals surface area contributed by atoms with E-state index in [1.54, 1.807) is 6.21 Å². The number of hydrogen-bond donors (Lipinski definition) is 1. The molecule has 1 aliphatic heterocycles. The number of aromatic hydroxyl groups is 1. The Morgan fingerprint density at radius 3 is 2.68 bits per heavy atom. The highest BCUT2D eigenvalue weighted by atomic mass is 32.1. The number of para-hydroxylation sites is 1. The monoisotopic (exact) mass is 348 g/mol. The number of nitrogens with zero attached hydrogens (tertiary/aromatic N) is 2. The molecule has 4 nitrogen and oxygen atoms in total. The van der Waals surface area contributed by atoms with Crippen LogP contribution in [-0.4, -0.2) is 15.9 Å². The molecule has 0 amide bonds. The Bertz CT molecular complexity index is 1060. The van der Waals surface area contributed by atoms with Crippen LogP contribution in [0.5, 0.6) is 5.88 Å². The Morgan fingerprint density at radius 2 is 1.92 bits per heavy atom. The fourth-order valence-electron chi connectivity index (χ4n) is 2.88. The predicted octanol–water partition coefficient (Wildman–Crippen LogP) is 4.42. The Balaban J connectivity index is 1.77. The van der Waals surface area contributed by atoms with Gasteiger partial charge in [-0.05, 0) is 36.3 Å². The molecular formula is C20H16N2O2S. The van der Waals surface area contributed by atoms with E-state index in [1.165, 1.54) is 10.1 Å². The second kappa shape index (κ2) is 6.18. The summed E-state index contributed by atoms with van der Waals surface area (Å²) in [7, 11) is 0. The second-order valence-electron chi connectivity index (χ2n) is 5.79.